The fraction of sp³-hybridized carbons (Fsp3) is 0.556. The van der Waals surface area contributed by atoms with Crippen molar-refractivity contribution in [1.29, 1.82) is 0 Å². The van der Waals surface area contributed by atoms with Crippen molar-refractivity contribution in [1.82, 2.24) is 0 Å². The van der Waals surface area contributed by atoms with Gasteiger partial charge in [0.15, 0.2) is 9.84 Å². The maximum Gasteiger partial charge on any atom is 0.190 e. The van der Waals surface area contributed by atoms with Gasteiger partial charge in [-0.3, -0.25) is 0 Å². The fourth-order valence-electron chi connectivity index (χ4n) is 1.19. The molecule has 0 saturated carbocycles. The quantitative estimate of drug-likeness (QED) is 0.812. The van der Waals surface area contributed by atoms with Gasteiger partial charge in [0.05, 0.1) is 11.9 Å². The summed E-state index contributed by atoms with van der Waals surface area (Å²) in [6, 6.07) is 3.31. The smallest absolute Gasteiger partial charge is 0.190 e. The van der Waals surface area contributed by atoms with Crippen LogP contribution in [-0.4, -0.2) is 33.4 Å². The zero-order valence-electron chi connectivity index (χ0n) is 8.55. The predicted molar refractivity (Wildman–Crippen MR) is 60.8 cm³/mol. The Hall–Kier alpha value is -0.430. The first-order valence-corrected chi connectivity index (χ1v) is 7.21. The summed E-state index contributed by atoms with van der Waals surface area (Å²) < 4.78 is 29.2. The molecule has 0 spiro atoms. The molecule has 0 aliphatic carbocycles. The SMILES string of the molecule is CCOC(CN)CS(=O)(=O)c1cccs1. The second-order valence-corrected chi connectivity index (χ2v) is 6.24. The maximum absolute atomic E-state index is 11.8. The van der Waals surface area contributed by atoms with Crippen LogP contribution in [0.4, 0.5) is 0 Å². The van der Waals surface area contributed by atoms with E-state index in [2.05, 4.69) is 0 Å². The first-order valence-electron chi connectivity index (χ1n) is 4.68. The van der Waals surface area contributed by atoms with E-state index >= 15 is 0 Å². The third-order valence-corrected chi connectivity index (χ3v) is 5.14. The normalized spacial score (nSPS) is 14.0. The van der Waals surface area contributed by atoms with Crippen LogP contribution >= 0.6 is 11.3 Å². The second kappa shape index (κ2) is 5.60. The summed E-state index contributed by atoms with van der Waals surface area (Å²) in [6.45, 7) is 2.51. The minimum atomic E-state index is -3.24. The second-order valence-electron chi connectivity index (χ2n) is 3.03. The molecular formula is C9H15NO3S2. The Morgan fingerprint density at radius 3 is 2.80 bits per heavy atom. The van der Waals surface area contributed by atoms with Gasteiger partial charge in [-0.25, -0.2) is 8.42 Å². The van der Waals surface area contributed by atoms with Crippen molar-refractivity contribution >= 4 is 21.2 Å². The van der Waals surface area contributed by atoms with Gasteiger partial charge in [0.2, 0.25) is 0 Å². The first-order chi connectivity index (χ1) is 7.10. The van der Waals surface area contributed by atoms with E-state index in [1.807, 2.05) is 6.92 Å². The fourth-order valence-corrected chi connectivity index (χ4v) is 3.76. The Bertz CT molecular complexity index is 372. The van der Waals surface area contributed by atoms with Crippen molar-refractivity contribution in [2.24, 2.45) is 5.73 Å². The Morgan fingerprint density at radius 2 is 2.33 bits per heavy atom. The minimum Gasteiger partial charge on any atom is -0.376 e. The van der Waals surface area contributed by atoms with Gasteiger partial charge in [-0.2, -0.15) is 0 Å². The Morgan fingerprint density at radius 1 is 1.60 bits per heavy atom. The van der Waals surface area contributed by atoms with Crippen LogP contribution < -0.4 is 5.73 Å². The molecule has 0 aliphatic rings. The zero-order valence-corrected chi connectivity index (χ0v) is 10.2. The van der Waals surface area contributed by atoms with Crippen LogP contribution in [0.1, 0.15) is 6.92 Å². The van der Waals surface area contributed by atoms with E-state index in [4.69, 9.17) is 10.5 Å². The number of rotatable bonds is 6. The molecule has 0 aliphatic heterocycles. The number of hydrogen-bond acceptors (Lipinski definition) is 5. The Labute approximate surface area is 94.0 Å². The lowest BCUT2D eigenvalue weighted by atomic mass is 10.4. The lowest BCUT2D eigenvalue weighted by Crippen LogP contribution is -2.31. The first kappa shape index (κ1) is 12.6. The van der Waals surface area contributed by atoms with Crippen LogP contribution in [-0.2, 0) is 14.6 Å². The Balaban J connectivity index is 2.72. The van der Waals surface area contributed by atoms with Crippen LogP contribution in [0.15, 0.2) is 21.7 Å². The number of nitrogens with two attached hydrogens (primary N) is 1. The molecule has 0 amide bonds. The van der Waals surface area contributed by atoms with E-state index in [0.29, 0.717) is 10.8 Å². The van der Waals surface area contributed by atoms with E-state index in [0.717, 1.165) is 0 Å². The van der Waals surface area contributed by atoms with Gasteiger partial charge in [-0.05, 0) is 18.4 Å². The number of ether oxygens (including phenoxy) is 1. The van der Waals surface area contributed by atoms with Crippen LogP contribution in [0, 0.1) is 0 Å². The molecule has 0 saturated heterocycles. The number of thiophene rings is 1. The lowest BCUT2D eigenvalue weighted by Gasteiger charge is -2.13. The van der Waals surface area contributed by atoms with Crippen molar-refractivity contribution < 1.29 is 13.2 Å². The molecule has 6 heteroatoms. The van der Waals surface area contributed by atoms with Crippen molar-refractivity contribution in [3.63, 3.8) is 0 Å². The van der Waals surface area contributed by atoms with E-state index in [-0.39, 0.29) is 12.3 Å². The lowest BCUT2D eigenvalue weighted by molar-refractivity contribution is 0.0846. The standard InChI is InChI=1S/C9H15NO3S2/c1-2-13-8(6-10)7-15(11,12)9-4-3-5-14-9/h3-5,8H,2,6-7,10H2,1H3. The van der Waals surface area contributed by atoms with Gasteiger partial charge in [0.1, 0.15) is 4.21 Å². The number of sulfone groups is 1. The number of hydrogen-bond donors (Lipinski definition) is 1. The molecule has 0 fully saturated rings. The minimum absolute atomic E-state index is 0.0438. The summed E-state index contributed by atoms with van der Waals surface area (Å²) in [5, 5.41) is 1.74. The molecule has 0 aromatic carbocycles. The molecule has 2 N–H and O–H groups in total. The monoisotopic (exact) mass is 249 g/mol. The van der Waals surface area contributed by atoms with Gasteiger partial charge < -0.3 is 10.5 Å². The summed E-state index contributed by atoms with van der Waals surface area (Å²) in [4.78, 5) is 0. The van der Waals surface area contributed by atoms with Crippen LogP contribution in [0.5, 0.6) is 0 Å². The summed E-state index contributed by atoms with van der Waals surface area (Å²) in [6.07, 6.45) is -0.415. The van der Waals surface area contributed by atoms with Crippen molar-refractivity contribution in [2.45, 2.75) is 17.2 Å². The molecule has 86 valence electrons. The van der Waals surface area contributed by atoms with Crippen molar-refractivity contribution in [2.75, 3.05) is 18.9 Å². The van der Waals surface area contributed by atoms with Gasteiger partial charge in [-0.15, -0.1) is 11.3 Å². The van der Waals surface area contributed by atoms with E-state index in [9.17, 15) is 8.42 Å². The highest BCUT2D eigenvalue weighted by molar-refractivity contribution is 7.93. The summed E-state index contributed by atoms with van der Waals surface area (Å²) >= 11 is 1.22. The van der Waals surface area contributed by atoms with Gasteiger partial charge >= 0.3 is 0 Å². The predicted octanol–water partition coefficient (Wildman–Crippen LogP) is 0.886. The molecule has 0 bridgehead atoms. The zero-order chi connectivity index (χ0) is 11.3. The van der Waals surface area contributed by atoms with Gasteiger partial charge in [0, 0.05) is 13.2 Å². The maximum atomic E-state index is 11.8. The van der Waals surface area contributed by atoms with Crippen LogP contribution in [0.2, 0.25) is 0 Å². The van der Waals surface area contributed by atoms with Gasteiger partial charge in [-0.1, -0.05) is 6.07 Å². The summed E-state index contributed by atoms with van der Waals surface area (Å²) in [5.74, 6) is -0.0438. The summed E-state index contributed by atoms with van der Waals surface area (Å²) in [7, 11) is -3.24. The summed E-state index contributed by atoms with van der Waals surface area (Å²) in [5.41, 5.74) is 5.43. The molecule has 1 atom stereocenters. The molecule has 1 aromatic heterocycles. The van der Waals surface area contributed by atoms with Crippen LogP contribution in [0.25, 0.3) is 0 Å². The molecule has 1 unspecified atom stereocenters. The van der Waals surface area contributed by atoms with Gasteiger partial charge in [0.25, 0.3) is 0 Å². The van der Waals surface area contributed by atoms with Crippen molar-refractivity contribution in [3.8, 4) is 0 Å². The van der Waals surface area contributed by atoms with E-state index in [1.54, 1.807) is 17.5 Å². The molecule has 0 radical (unpaired) electrons. The third kappa shape index (κ3) is 3.57. The topological polar surface area (TPSA) is 69.4 Å². The largest absolute Gasteiger partial charge is 0.376 e. The third-order valence-electron chi connectivity index (χ3n) is 1.87. The average Bonchev–Trinajstić information content (AvgIpc) is 2.70. The van der Waals surface area contributed by atoms with Crippen molar-refractivity contribution in [3.05, 3.63) is 17.5 Å². The molecule has 1 heterocycles. The van der Waals surface area contributed by atoms with E-state index in [1.165, 1.54) is 11.3 Å². The molecular weight excluding hydrogens is 234 g/mol. The highest BCUT2D eigenvalue weighted by atomic mass is 32.2. The van der Waals surface area contributed by atoms with E-state index < -0.39 is 15.9 Å². The highest BCUT2D eigenvalue weighted by Gasteiger charge is 2.21. The molecule has 4 nitrogen and oxygen atoms in total. The molecule has 1 aromatic rings. The molecule has 1 rings (SSSR count). The average molecular weight is 249 g/mol. The Kier molecular flexibility index (Phi) is 4.72. The highest BCUT2D eigenvalue weighted by Crippen LogP contribution is 2.18. The van der Waals surface area contributed by atoms with Crippen LogP contribution in [0.3, 0.4) is 0 Å². The molecule has 15 heavy (non-hydrogen) atoms.